The van der Waals surface area contributed by atoms with Gasteiger partial charge in [0.25, 0.3) is 11.8 Å². The number of hydrogen-bond donors (Lipinski definition) is 1. The number of carbonyl (C=O) groups is 2. The zero-order valence-corrected chi connectivity index (χ0v) is 17.0. The average Bonchev–Trinajstić information content (AvgIpc) is 3.04. The van der Waals surface area contributed by atoms with Crippen LogP contribution in [0.4, 0.5) is 0 Å². The molecule has 2 amide bonds. The number of benzene rings is 1. The minimum Gasteiger partial charge on any atom is -0.364 e. The van der Waals surface area contributed by atoms with Gasteiger partial charge in [-0.2, -0.15) is 4.31 Å². The number of halogens is 1. The number of rotatable bonds is 4. The van der Waals surface area contributed by atoms with Crippen molar-refractivity contribution >= 4 is 37.8 Å². The fraction of sp³-hybridized carbons (Fsp3) is 0.294. The van der Waals surface area contributed by atoms with Gasteiger partial charge < -0.3 is 15.2 Å². The number of aryl methyl sites for hydroxylation is 1. The monoisotopic (exact) mass is 454 g/mol. The van der Waals surface area contributed by atoms with Gasteiger partial charge in [0.1, 0.15) is 10.6 Å². The van der Waals surface area contributed by atoms with Crippen molar-refractivity contribution in [1.29, 1.82) is 0 Å². The first-order chi connectivity index (χ1) is 12.7. The lowest BCUT2D eigenvalue weighted by molar-refractivity contribution is 0.0697. The van der Waals surface area contributed by atoms with Gasteiger partial charge in [-0.25, -0.2) is 8.42 Å². The van der Waals surface area contributed by atoms with E-state index in [4.69, 9.17) is 5.73 Å². The van der Waals surface area contributed by atoms with Crippen molar-refractivity contribution in [2.75, 3.05) is 26.2 Å². The summed E-state index contributed by atoms with van der Waals surface area (Å²) in [6.07, 6.45) is 1.37. The van der Waals surface area contributed by atoms with E-state index in [9.17, 15) is 18.0 Å². The molecule has 0 saturated carbocycles. The Morgan fingerprint density at radius 2 is 1.74 bits per heavy atom. The Kier molecular flexibility index (Phi) is 5.41. The van der Waals surface area contributed by atoms with Crippen molar-refractivity contribution in [2.45, 2.75) is 4.90 Å². The third-order valence-electron chi connectivity index (χ3n) is 4.50. The molecule has 3 rings (SSSR count). The van der Waals surface area contributed by atoms with E-state index in [1.54, 1.807) is 30.1 Å². The number of amides is 2. The molecule has 10 heteroatoms. The normalized spacial score (nSPS) is 15.7. The fourth-order valence-corrected chi connectivity index (χ4v) is 4.95. The SMILES string of the molecule is Cn1cc(S(=O)(=O)N2CCN(C(=O)c3ccccc3Br)CC2)cc1C(N)=O. The van der Waals surface area contributed by atoms with Gasteiger partial charge in [0, 0.05) is 43.9 Å². The maximum atomic E-state index is 12.8. The zero-order chi connectivity index (χ0) is 19.8. The van der Waals surface area contributed by atoms with Gasteiger partial charge in [0.2, 0.25) is 10.0 Å². The Morgan fingerprint density at radius 3 is 2.30 bits per heavy atom. The quantitative estimate of drug-likeness (QED) is 0.744. The Hall–Kier alpha value is -2.17. The van der Waals surface area contributed by atoms with E-state index in [1.807, 2.05) is 6.07 Å². The highest BCUT2D eigenvalue weighted by atomic mass is 79.9. The van der Waals surface area contributed by atoms with Crippen LogP contribution in [-0.4, -0.2) is 60.2 Å². The Labute approximate surface area is 165 Å². The molecule has 8 nitrogen and oxygen atoms in total. The summed E-state index contributed by atoms with van der Waals surface area (Å²) < 4.78 is 29.1. The minimum atomic E-state index is -3.76. The summed E-state index contributed by atoms with van der Waals surface area (Å²) in [5, 5.41) is 0. The zero-order valence-electron chi connectivity index (χ0n) is 14.6. The van der Waals surface area contributed by atoms with Crippen LogP contribution in [0.1, 0.15) is 20.8 Å². The van der Waals surface area contributed by atoms with Gasteiger partial charge >= 0.3 is 0 Å². The molecule has 1 aromatic heterocycles. The molecule has 0 aliphatic carbocycles. The van der Waals surface area contributed by atoms with Gasteiger partial charge in [0.15, 0.2) is 0 Å². The van der Waals surface area contributed by atoms with Crippen LogP contribution in [0.3, 0.4) is 0 Å². The van der Waals surface area contributed by atoms with Gasteiger partial charge in [-0.05, 0) is 34.1 Å². The highest BCUT2D eigenvalue weighted by Gasteiger charge is 2.32. The highest BCUT2D eigenvalue weighted by Crippen LogP contribution is 2.22. The topological polar surface area (TPSA) is 106 Å². The van der Waals surface area contributed by atoms with E-state index >= 15 is 0 Å². The van der Waals surface area contributed by atoms with E-state index in [0.29, 0.717) is 10.0 Å². The van der Waals surface area contributed by atoms with Crippen LogP contribution >= 0.6 is 15.9 Å². The maximum Gasteiger partial charge on any atom is 0.265 e. The molecule has 27 heavy (non-hydrogen) atoms. The van der Waals surface area contributed by atoms with E-state index in [1.165, 1.54) is 21.1 Å². The fourth-order valence-electron chi connectivity index (χ4n) is 3.01. The Bertz CT molecular complexity index is 994. The van der Waals surface area contributed by atoms with Crippen LogP contribution in [0, 0.1) is 0 Å². The molecule has 1 aliphatic heterocycles. The van der Waals surface area contributed by atoms with Crippen molar-refractivity contribution in [3.8, 4) is 0 Å². The van der Waals surface area contributed by atoms with Crippen molar-refractivity contribution in [2.24, 2.45) is 12.8 Å². The van der Waals surface area contributed by atoms with Crippen LogP contribution in [-0.2, 0) is 17.1 Å². The molecule has 2 heterocycles. The number of piperazine rings is 1. The summed E-state index contributed by atoms with van der Waals surface area (Å²) in [7, 11) is -2.20. The average molecular weight is 455 g/mol. The van der Waals surface area contributed by atoms with Crippen molar-refractivity contribution < 1.29 is 18.0 Å². The second kappa shape index (κ2) is 7.45. The highest BCUT2D eigenvalue weighted by molar-refractivity contribution is 9.10. The number of primary amides is 1. The lowest BCUT2D eigenvalue weighted by atomic mass is 10.2. The molecule has 144 valence electrons. The van der Waals surface area contributed by atoms with E-state index in [0.717, 1.165) is 0 Å². The molecule has 2 N–H and O–H groups in total. The largest absolute Gasteiger partial charge is 0.364 e. The Morgan fingerprint density at radius 1 is 1.11 bits per heavy atom. The second-order valence-electron chi connectivity index (χ2n) is 6.21. The molecule has 0 unspecified atom stereocenters. The lowest BCUT2D eigenvalue weighted by Gasteiger charge is -2.34. The van der Waals surface area contributed by atoms with E-state index in [2.05, 4.69) is 15.9 Å². The molecule has 0 atom stereocenters. The smallest absolute Gasteiger partial charge is 0.265 e. The third-order valence-corrected chi connectivity index (χ3v) is 7.06. The molecular formula is C17H19BrN4O4S. The summed E-state index contributed by atoms with van der Waals surface area (Å²) in [5.74, 6) is -0.835. The number of nitrogens with zero attached hydrogens (tertiary/aromatic N) is 3. The van der Waals surface area contributed by atoms with Crippen LogP contribution in [0.2, 0.25) is 0 Å². The predicted octanol–water partition coefficient (Wildman–Crippen LogP) is 1.03. The van der Waals surface area contributed by atoms with E-state index < -0.39 is 15.9 Å². The minimum absolute atomic E-state index is 0.0179. The summed E-state index contributed by atoms with van der Waals surface area (Å²) >= 11 is 3.36. The van der Waals surface area contributed by atoms with Gasteiger partial charge in [-0.1, -0.05) is 12.1 Å². The van der Waals surface area contributed by atoms with Crippen LogP contribution in [0.15, 0.2) is 45.9 Å². The lowest BCUT2D eigenvalue weighted by Crippen LogP contribution is -2.50. The van der Waals surface area contributed by atoms with E-state index in [-0.39, 0.29) is 42.7 Å². The molecule has 0 radical (unpaired) electrons. The van der Waals surface area contributed by atoms with Crippen LogP contribution in [0.25, 0.3) is 0 Å². The summed E-state index contributed by atoms with van der Waals surface area (Å²) in [4.78, 5) is 25.7. The number of hydrogen-bond acceptors (Lipinski definition) is 4. The summed E-state index contributed by atoms with van der Waals surface area (Å²) in [5.41, 5.74) is 5.92. The number of sulfonamides is 1. The van der Waals surface area contributed by atoms with Gasteiger partial charge in [0.05, 0.1) is 5.56 Å². The third kappa shape index (κ3) is 3.78. The van der Waals surface area contributed by atoms with Crippen molar-refractivity contribution in [3.63, 3.8) is 0 Å². The molecule has 0 spiro atoms. The molecule has 0 bridgehead atoms. The van der Waals surface area contributed by atoms with Gasteiger partial charge in [-0.3, -0.25) is 9.59 Å². The standard InChI is InChI=1S/C17H19BrN4O4S/c1-20-11-12(10-15(20)16(19)23)27(25,26)22-8-6-21(7-9-22)17(24)13-4-2-3-5-14(13)18/h2-5,10-11H,6-9H2,1H3,(H2,19,23). The molecule has 1 aromatic carbocycles. The number of nitrogens with two attached hydrogens (primary N) is 1. The predicted molar refractivity (Wildman–Crippen MR) is 103 cm³/mol. The van der Waals surface area contributed by atoms with Crippen molar-refractivity contribution in [3.05, 3.63) is 52.3 Å². The summed E-state index contributed by atoms with van der Waals surface area (Å²) in [6, 6.07) is 8.40. The van der Waals surface area contributed by atoms with Crippen LogP contribution in [0.5, 0.6) is 0 Å². The second-order valence-corrected chi connectivity index (χ2v) is 9.00. The first-order valence-electron chi connectivity index (χ1n) is 8.22. The molecule has 1 aliphatic rings. The van der Waals surface area contributed by atoms with Gasteiger partial charge in [-0.15, -0.1) is 0 Å². The number of aromatic nitrogens is 1. The molecule has 2 aromatic rings. The van der Waals surface area contributed by atoms with Crippen molar-refractivity contribution in [1.82, 2.24) is 13.8 Å². The molecular weight excluding hydrogens is 436 g/mol. The molecule has 1 saturated heterocycles. The Balaban J connectivity index is 1.73. The first kappa shape index (κ1) is 19.6. The first-order valence-corrected chi connectivity index (χ1v) is 10.4. The maximum absolute atomic E-state index is 12.8. The van der Waals surface area contributed by atoms with Crippen LogP contribution < -0.4 is 5.73 Å². The number of carbonyl (C=O) groups excluding carboxylic acids is 2. The molecule has 1 fully saturated rings. The summed E-state index contributed by atoms with van der Waals surface area (Å²) in [6.45, 7) is 0.933.